The Labute approximate surface area is 98.7 Å². The lowest BCUT2D eigenvalue weighted by Gasteiger charge is -2.04. The Morgan fingerprint density at radius 3 is 2.56 bits per heavy atom. The van der Waals surface area contributed by atoms with E-state index in [2.05, 4.69) is 0 Å². The van der Waals surface area contributed by atoms with Crippen molar-refractivity contribution >= 4 is 18.0 Å². The topological polar surface area (TPSA) is 30.2 Å². The summed E-state index contributed by atoms with van der Waals surface area (Å²) in [5, 5.41) is 0. The van der Waals surface area contributed by atoms with Gasteiger partial charge in [0.1, 0.15) is 12.0 Å². The monoisotopic (exact) mass is 232 g/mol. The van der Waals surface area contributed by atoms with Crippen LogP contribution in [0.25, 0.3) is 0 Å². The van der Waals surface area contributed by atoms with E-state index in [0.717, 1.165) is 27.4 Å². The van der Waals surface area contributed by atoms with Gasteiger partial charge in [0.15, 0.2) is 0 Å². The first kappa shape index (κ1) is 11.0. The molecule has 0 aliphatic heterocycles. The minimum atomic E-state index is 0.714. The van der Waals surface area contributed by atoms with Gasteiger partial charge in [0.2, 0.25) is 0 Å². The highest BCUT2D eigenvalue weighted by molar-refractivity contribution is 7.99. The molecular weight excluding hydrogens is 220 g/mol. The predicted molar refractivity (Wildman–Crippen MR) is 64.1 cm³/mol. The van der Waals surface area contributed by atoms with Crippen molar-refractivity contribution in [3.8, 4) is 0 Å². The third kappa shape index (κ3) is 2.19. The average molecular weight is 232 g/mol. The second-order valence-electron chi connectivity index (χ2n) is 3.59. The number of hydrogen-bond donors (Lipinski definition) is 0. The second-order valence-corrected chi connectivity index (χ2v) is 4.67. The first-order chi connectivity index (χ1) is 7.70. The van der Waals surface area contributed by atoms with Crippen LogP contribution in [0.3, 0.4) is 0 Å². The molecule has 2 rings (SSSR count). The van der Waals surface area contributed by atoms with Crippen molar-refractivity contribution in [1.29, 1.82) is 0 Å². The minimum Gasteiger partial charge on any atom is -0.468 e. The van der Waals surface area contributed by atoms with E-state index in [9.17, 15) is 4.79 Å². The van der Waals surface area contributed by atoms with Crippen LogP contribution in [0.15, 0.2) is 44.7 Å². The van der Waals surface area contributed by atoms with Gasteiger partial charge >= 0.3 is 0 Å². The van der Waals surface area contributed by atoms with Crippen molar-refractivity contribution < 1.29 is 9.21 Å². The fourth-order valence-corrected chi connectivity index (χ4v) is 2.37. The molecule has 0 bridgehead atoms. The Morgan fingerprint density at radius 1 is 1.19 bits per heavy atom. The van der Waals surface area contributed by atoms with E-state index in [4.69, 9.17) is 4.42 Å². The summed E-state index contributed by atoms with van der Waals surface area (Å²) in [5.41, 5.74) is 1.82. The molecule has 2 nitrogen and oxygen atoms in total. The van der Waals surface area contributed by atoms with Crippen LogP contribution in [0.4, 0.5) is 0 Å². The lowest BCUT2D eigenvalue weighted by molar-refractivity contribution is 0.112. The minimum absolute atomic E-state index is 0.714. The Balaban J connectivity index is 2.29. The highest BCUT2D eigenvalue weighted by Crippen LogP contribution is 2.33. The van der Waals surface area contributed by atoms with Crippen molar-refractivity contribution in [2.45, 2.75) is 23.6 Å². The number of hydrogen-bond acceptors (Lipinski definition) is 3. The van der Waals surface area contributed by atoms with E-state index < -0.39 is 0 Å². The van der Waals surface area contributed by atoms with Crippen LogP contribution >= 0.6 is 11.8 Å². The van der Waals surface area contributed by atoms with Gasteiger partial charge in [-0.15, -0.1) is 0 Å². The van der Waals surface area contributed by atoms with Gasteiger partial charge in [-0.1, -0.05) is 17.8 Å². The van der Waals surface area contributed by atoms with Gasteiger partial charge in [-0.3, -0.25) is 4.79 Å². The summed E-state index contributed by atoms with van der Waals surface area (Å²) in [4.78, 5) is 12.9. The van der Waals surface area contributed by atoms with Crippen LogP contribution in [0, 0.1) is 13.8 Å². The van der Waals surface area contributed by atoms with E-state index in [0.29, 0.717) is 5.56 Å². The first-order valence-electron chi connectivity index (χ1n) is 4.98. The number of aryl methyl sites for hydroxylation is 2. The molecule has 0 atom stereocenters. The van der Waals surface area contributed by atoms with Gasteiger partial charge in [-0.25, -0.2) is 0 Å². The number of aldehydes is 1. The maximum absolute atomic E-state index is 10.6. The molecule has 3 heteroatoms. The molecule has 1 heterocycles. The summed E-state index contributed by atoms with van der Waals surface area (Å²) in [5.74, 6) is 0.920. The van der Waals surface area contributed by atoms with Crippen LogP contribution in [0.2, 0.25) is 0 Å². The number of furan rings is 1. The molecule has 0 N–H and O–H groups in total. The Bertz CT molecular complexity index is 514. The Kier molecular flexibility index (Phi) is 3.15. The molecule has 2 aromatic rings. The molecule has 0 fully saturated rings. The van der Waals surface area contributed by atoms with Gasteiger partial charge in [0, 0.05) is 10.5 Å². The summed E-state index contributed by atoms with van der Waals surface area (Å²) in [6, 6.07) is 7.64. The van der Waals surface area contributed by atoms with Crippen molar-refractivity contribution in [2.24, 2.45) is 0 Å². The van der Waals surface area contributed by atoms with E-state index in [1.165, 1.54) is 0 Å². The zero-order valence-corrected chi connectivity index (χ0v) is 10.0. The van der Waals surface area contributed by atoms with Crippen LogP contribution in [0.1, 0.15) is 21.7 Å². The summed E-state index contributed by atoms with van der Waals surface area (Å²) >= 11 is 1.66. The highest BCUT2D eigenvalue weighted by atomic mass is 32.2. The van der Waals surface area contributed by atoms with E-state index in [-0.39, 0.29) is 0 Å². The molecule has 0 amide bonds. The SMILES string of the molecule is Cc1cc(C=O)ccc1Sc1ccoc1C. The average Bonchev–Trinajstić information content (AvgIpc) is 2.67. The van der Waals surface area contributed by atoms with Crippen LogP contribution in [-0.2, 0) is 0 Å². The maximum Gasteiger partial charge on any atom is 0.150 e. The number of carbonyl (C=O) groups is 1. The molecule has 0 aliphatic carbocycles. The smallest absolute Gasteiger partial charge is 0.150 e. The van der Waals surface area contributed by atoms with Gasteiger partial charge in [-0.2, -0.15) is 0 Å². The number of carbonyl (C=O) groups excluding carboxylic acids is 1. The molecule has 0 saturated carbocycles. The fraction of sp³-hybridized carbons (Fsp3) is 0.154. The van der Waals surface area contributed by atoms with Crippen LogP contribution in [-0.4, -0.2) is 6.29 Å². The highest BCUT2D eigenvalue weighted by Gasteiger charge is 2.06. The predicted octanol–water partition coefficient (Wildman–Crippen LogP) is 3.86. The maximum atomic E-state index is 10.6. The molecule has 1 aromatic carbocycles. The van der Waals surface area contributed by atoms with Crippen molar-refractivity contribution in [3.05, 3.63) is 47.4 Å². The molecule has 0 aliphatic rings. The fourth-order valence-electron chi connectivity index (χ4n) is 1.46. The zero-order valence-electron chi connectivity index (χ0n) is 9.19. The molecule has 82 valence electrons. The molecule has 0 saturated heterocycles. The quantitative estimate of drug-likeness (QED) is 0.753. The van der Waals surface area contributed by atoms with Crippen molar-refractivity contribution in [3.63, 3.8) is 0 Å². The third-order valence-corrected chi connectivity index (χ3v) is 3.69. The lowest BCUT2D eigenvalue weighted by atomic mass is 10.2. The molecule has 0 spiro atoms. The number of benzene rings is 1. The van der Waals surface area contributed by atoms with E-state index in [1.54, 1.807) is 18.0 Å². The molecule has 0 radical (unpaired) electrons. The number of rotatable bonds is 3. The molecule has 16 heavy (non-hydrogen) atoms. The van der Waals surface area contributed by atoms with E-state index >= 15 is 0 Å². The molecular formula is C13H12O2S. The Morgan fingerprint density at radius 2 is 2.00 bits per heavy atom. The molecule has 1 aromatic heterocycles. The first-order valence-corrected chi connectivity index (χ1v) is 5.80. The normalized spacial score (nSPS) is 10.4. The van der Waals surface area contributed by atoms with Gasteiger partial charge in [0.05, 0.1) is 11.2 Å². The largest absolute Gasteiger partial charge is 0.468 e. The summed E-state index contributed by atoms with van der Waals surface area (Å²) in [7, 11) is 0. The second kappa shape index (κ2) is 4.58. The Hall–Kier alpha value is -1.48. The standard InChI is InChI=1S/C13H12O2S/c1-9-7-11(8-14)3-4-12(9)16-13-5-6-15-10(13)2/h3-8H,1-2H3. The third-order valence-electron chi connectivity index (χ3n) is 2.37. The van der Waals surface area contributed by atoms with E-state index in [1.807, 2.05) is 38.1 Å². The summed E-state index contributed by atoms with van der Waals surface area (Å²) < 4.78 is 5.24. The van der Waals surface area contributed by atoms with Crippen molar-refractivity contribution in [2.75, 3.05) is 0 Å². The lowest BCUT2D eigenvalue weighted by Crippen LogP contribution is -1.84. The van der Waals surface area contributed by atoms with Gasteiger partial charge in [0.25, 0.3) is 0 Å². The van der Waals surface area contributed by atoms with Gasteiger partial charge < -0.3 is 4.42 Å². The summed E-state index contributed by atoms with van der Waals surface area (Å²) in [6.45, 7) is 3.95. The van der Waals surface area contributed by atoms with Gasteiger partial charge in [-0.05, 0) is 37.6 Å². The van der Waals surface area contributed by atoms with Crippen LogP contribution in [0.5, 0.6) is 0 Å². The summed E-state index contributed by atoms with van der Waals surface area (Å²) in [6.07, 6.45) is 2.55. The van der Waals surface area contributed by atoms with Crippen molar-refractivity contribution in [1.82, 2.24) is 0 Å². The zero-order chi connectivity index (χ0) is 11.5. The molecule has 0 unspecified atom stereocenters. The van der Waals surface area contributed by atoms with Crippen LogP contribution < -0.4 is 0 Å².